The minimum Gasteiger partial charge on any atom is -0.496 e. The van der Waals surface area contributed by atoms with Crippen molar-refractivity contribution in [3.05, 3.63) is 65.2 Å². The molecule has 2 aromatic rings. The number of methoxy groups -OCH3 is 1. The number of rotatable bonds is 12. The van der Waals surface area contributed by atoms with Gasteiger partial charge in [-0.15, -0.1) is 0 Å². The lowest BCUT2D eigenvalue weighted by Crippen LogP contribution is -2.51. The summed E-state index contributed by atoms with van der Waals surface area (Å²) < 4.78 is 5.44. The van der Waals surface area contributed by atoms with Gasteiger partial charge in [0.1, 0.15) is 5.75 Å². The Labute approximate surface area is 228 Å². The minimum absolute atomic E-state index is 0.0451. The molecule has 0 spiro atoms. The van der Waals surface area contributed by atoms with E-state index in [4.69, 9.17) is 4.74 Å². The molecule has 1 aliphatic rings. The van der Waals surface area contributed by atoms with Crippen LogP contribution in [0.3, 0.4) is 0 Å². The first-order valence-corrected chi connectivity index (χ1v) is 13.8. The Morgan fingerprint density at radius 3 is 2.39 bits per heavy atom. The van der Waals surface area contributed by atoms with Crippen molar-refractivity contribution in [2.75, 3.05) is 58.2 Å². The van der Waals surface area contributed by atoms with E-state index in [9.17, 15) is 9.59 Å². The van der Waals surface area contributed by atoms with Gasteiger partial charge in [-0.3, -0.25) is 9.69 Å². The molecular formula is C31H44N4O3. The highest BCUT2D eigenvalue weighted by Crippen LogP contribution is 2.21. The van der Waals surface area contributed by atoms with Crippen LogP contribution < -0.4 is 10.1 Å². The van der Waals surface area contributed by atoms with Gasteiger partial charge in [-0.2, -0.15) is 0 Å². The second kappa shape index (κ2) is 15.2. The number of nitrogens with zero attached hydrogens (tertiary/aromatic N) is 3. The third-order valence-electron chi connectivity index (χ3n) is 7.17. The summed E-state index contributed by atoms with van der Waals surface area (Å²) in [5, 5.41) is 3.10. The number of carbonyl (C=O) groups excluding carboxylic acids is 2. The highest BCUT2D eigenvalue weighted by Gasteiger charge is 2.23. The van der Waals surface area contributed by atoms with Crippen LogP contribution in [-0.2, 0) is 4.79 Å². The van der Waals surface area contributed by atoms with Crippen molar-refractivity contribution in [3.63, 3.8) is 0 Å². The normalized spacial score (nSPS) is 14.1. The standard InChI is InChI=1S/C31H44N4O3/c1-5-6-7-17-29(36)34(18-11-15-27-14-8-9-16-28(27)38-4)22-19-33-20-23-35(24-21-33)31(37)32-30-25(2)12-10-13-26(30)3/h8-16H,5-7,17-24H2,1-4H3,(H,32,37)/b15-11+. The Morgan fingerprint density at radius 2 is 1.71 bits per heavy atom. The zero-order valence-corrected chi connectivity index (χ0v) is 23.5. The molecule has 0 aliphatic carbocycles. The van der Waals surface area contributed by atoms with Crippen LogP contribution in [0.4, 0.5) is 10.5 Å². The first-order valence-electron chi connectivity index (χ1n) is 13.8. The zero-order valence-electron chi connectivity index (χ0n) is 23.5. The molecule has 1 fully saturated rings. The fourth-order valence-corrected chi connectivity index (χ4v) is 4.75. The van der Waals surface area contributed by atoms with Crippen molar-refractivity contribution >= 4 is 23.7 Å². The van der Waals surface area contributed by atoms with Gasteiger partial charge in [0.15, 0.2) is 0 Å². The van der Waals surface area contributed by atoms with Crippen LogP contribution >= 0.6 is 0 Å². The summed E-state index contributed by atoms with van der Waals surface area (Å²) in [6.07, 6.45) is 7.76. The van der Waals surface area contributed by atoms with Crippen molar-refractivity contribution in [2.24, 2.45) is 0 Å². The van der Waals surface area contributed by atoms with Gasteiger partial charge in [-0.1, -0.05) is 68.3 Å². The molecule has 1 N–H and O–H groups in total. The SMILES string of the molecule is CCCCCC(=O)N(C/C=C/c1ccccc1OC)CCN1CCN(C(=O)Nc2c(C)cccc2C)CC1. The Balaban J connectivity index is 1.52. The van der Waals surface area contributed by atoms with E-state index in [1.165, 1.54) is 0 Å². The molecule has 206 valence electrons. The fourth-order valence-electron chi connectivity index (χ4n) is 4.75. The van der Waals surface area contributed by atoms with E-state index in [0.29, 0.717) is 32.6 Å². The van der Waals surface area contributed by atoms with E-state index < -0.39 is 0 Å². The van der Waals surface area contributed by atoms with E-state index in [1.807, 2.05) is 78.3 Å². The lowest BCUT2D eigenvalue weighted by atomic mass is 10.1. The molecule has 0 unspecified atom stereocenters. The minimum atomic E-state index is -0.0451. The van der Waals surface area contributed by atoms with Crippen LogP contribution in [0.5, 0.6) is 5.75 Å². The lowest BCUT2D eigenvalue weighted by Gasteiger charge is -2.36. The average molecular weight is 521 g/mol. The van der Waals surface area contributed by atoms with Gasteiger partial charge in [0.05, 0.1) is 7.11 Å². The van der Waals surface area contributed by atoms with E-state index in [1.54, 1.807) is 7.11 Å². The highest BCUT2D eigenvalue weighted by atomic mass is 16.5. The van der Waals surface area contributed by atoms with E-state index in [-0.39, 0.29) is 11.9 Å². The Hall–Kier alpha value is -3.32. The van der Waals surface area contributed by atoms with Gasteiger partial charge in [-0.05, 0) is 37.5 Å². The van der Waals surface area contributed by atoms with Crippen LogP contribution in [0.25, 0.3) is 6.08 Å². The first kappa shape index (κ1) is 29.2. The van der Waals surface area contributed by atoms with Crippen LogP contribution in [0.1, 0.15) is 49.3 Å². The highest BCUT2D eigenvalue weighted by molar-refractivity contribution is 5.91. The number of amides is 3. The Bertz CT molecular complexity index is 1060. The molecule has 0 bridgehead atoms. The quantitative estimate of drug-likeness (QED) is 0.371. The molecule has 0 radical (unpaired) electrons. The van der Waals surface area contributed by atoms with Crippen LogP contribution in [0, 0.1) is 13.8 Å². The monoisotopic (exact) mass is 520 g/mol. The fraction of sp³-hybridized carbons (Fsp3) is 0.484. The third kappa shape index (κ3) is 8.62. The van der Waals surface area contributed by atoms with Gasteiger partial charge in [0, 0.05) is 63.5 Å². The van der Waals surface area contributed by atoms with Gasteiger partial charge < -0.3 is 19.9 Å². The maximum absolute atomic E-state index is 13.0. The number of anilines is 1. The number of nitrogens with one attached hydrogen (secondary N) is 1. The number of ether oxygens (including phenoxy) is 1. The number of para-hydroxylation sites is 2. The molecule has 1 aliphatic heterocycles. The number of aryl methyl sites for hydroxylation is 2. The summed E-state index contributed by atoms with van der Waals surface area (Å²) >= 11 is 0. The van der Waals surface area contributed by atoms with Crippen molar-refractivity contribution in [3.8, 4) is 5.75 Å². The molecule has 0 atom stereocenters. The van der Waals surface area contributed by atoms with Gasteiger partial charge >= 0.3 is 6.03 Å². The van der Waals surface area contributed by atoms with Crippen LogP contribution in [0.2, 0.25) is 0 Å². The van der Waals surface area contributed by atoms with E-state index in [2.05, 4.69) is 17.1 Å². The summed E-state index contributed by atoms with van der Waals surface area (Å²) in [6, 6.07) is 13.9. The number of piperazine rings is 1. The largest absolute Gasteiger partial charge is 0.496 e. The van der Waals surface area contributed by atoms with Gasteiger partial charge in [-0.25, -0.2) is 4.79 Å². The van der Waals surface area contributed by atoms with Gasteiger partial charge in [0.25, 0.3) is 0 Å². The van der Waals surface area contributed by atoms with Gasteiger partial charge in [0.2, 0.25) is 5.91 Å². The first-order chi connectivity index (χ1) is 18.4. The summed E-state index contributed by atoms with van der Waals surface area (Å²) in [4.78, 5) is 32.1. The molecule has 2 aromatic carbocycles. The van der Waals surface area contributed by atoms with E-state index >= 15 is 0 Å². The molecule has 0 saturated carbocycles. The molecule has 1 saturated heterocycles. The molecule has 3 amide bonds. The number of unbranched alkanes of at least 4 members (excludes halogenated alkanes) is 2. The summed E-state index contributed by atoms with van der Waals surface area (Å²) in [6.45, 7) is 11.2. The number of carbonyl (C=O) groups is 2. The zero-order chi connectivity index (χ0) is 27.3. The Kier molecular flexibility index (Phi) is 11.7. The Morgan fingerprint density at radius 1 is 1.00 bits per heavy atom. The maximum Gasteiger partial charge on any atom is 0.321 e. The predicted octanol–water partition coefficient (Wildman–Crippen LogP) is 5.58. The number of benzene rings is 2. The summed E-state index contributed by atoms with van der Waals surface area (Å²) in [5.74, 6) is 1.03. The second-order valence-corrected chi connectivity index (χ2v) is 9.97. The maximum atomic E-state index is 13.0. The summed E-state index contributed by atoms with van der Waals surface area (Å²) in [5.41, 5.74) is 4.04. The molecule has 7 nitrogen and oxygen atoms in total. The van der Waals surface area contributed by atoms with Crippen molar-refractivity contribution in [1.82, 2.24) is 14.7 Å². The molecule has 0 aromatic heterocycles. The number of hydrogen-bond acceptors (Lipinski definition) is 4. The summed E-state index contributed by atoms with van der Waals surface area (Å²) in [7, 11) is 1.67. The van der Waals surface area contributed by atoms with Crippen molar-refractivity contribution in [2.45, 2.75) is 46.5 Å². The van der Waals surface area contributed by atoms with E-state index in [0.717, 1.165) is 67.0 Å². The smallest absolute Gasteiger partial charge is 0.321 e. The average Bonchev–Trinajstić information content (AvgIpc) is 2.93. The topological polar surface area (TPSA) is 65.1 Å². The molecule has 3 rings (SSSR count). The lowest BCUT2D eigenvalue weighted by molar-refractivity contribution is -0.131. The van der Waals surface area contributed by atoms with Crippen molar-refractivity contribution < 1.29 is 14.3 Å². The molecule has 1 heterocycles. The molecule has 38 heavy (non-hydrogen) atoms. The van der Waals surface area contributed by atoms with Crippen molar-refractivity contribution in [1.29, 1.82) is 0 Å². The number of urea groups is 1. The van der Waals surface area contributed by atoms with Crippen LogP contribution in [0.15, 0.2) is 48.5 Å². The molecule has 7 heteroatoms. The molecular weight excluding hydrogens is 476 g/mol. The third-order valence-corrected chi connectivity index (χ3v) is 7.17. The predicted molar refractivity (Wildman–Crippen MR) is 156 cm³/mol. The second-order valence-electron chi connectivity index (χ2n) is 9.97. The number of hydrogen-bond donors (Lipinski definition) is 1. The van der Waals surface area contributed by atoms with Crippen LogP contribution in [-0.4, -0.2) is 79.6 Å².